The van der Waals surface area contributed by atoms with Crippen LogP contribution in [-0.2, 0) is 16.1 Å². The monoisotopic (exact) mass is 379 g/mol. The van der Waals surface area contributed by atoms with E-state index in [2.05, 4.69) is 0 Å². The van der Waals surface area contributed by atoms with Gasteiger partial charge in [0.15, 0.2) is 0 Å². The largest absolute Gasteiger partial charge is 0.460 e. The Hall–Kier alpha value is -3.54. The number of ether oxygens (including phenoxy) is 1. The van der Waals surface area contributed by atoms with Crippen molar-refractivity contribution in [1.82, 2.24) is 0 Å². The van der Waals surface area contributed by atoms with Crippen LogP contribution in [0.15, 0.2) is 72.8 Å². The fourth-order valence-electron chi connectivity index (χ4n) is 2.79. The van der Waals surface area contributed by atoms with E-state index in [1.54, 1.807) is 19.1 Å². The summed E-state index contributed by atoms with van der Waals surface area (Å²) in [5.41, 5.74) is 2.15. The molecule has 5 nitrogen and oxygen atoms in total. The molecule has 0 amide bonds. The summed E-state index contributed by atoms with van der Waals surface area (Å²) in [5, 5.41) is 10.7. The average Bonchev–Trinajstić information content (AvgIpc) is 2.72. The first-order valence-electron chi connectivity index (χ1n) is 8.70. The maximum atomic E-state index is 14.6. The summed E-state index contributed by atoms with van der Waals surface area (Å²) < 4.78 is 19.9. The Kier molecular flexibility index (Phi) is 5.79. The second-order valence-electron chi connectivity index (χ2n) is 6.36. The highest BCUT2D eigenvalue weighted by molar-refractivity contribution is 5.78. The minimum absolute atomic E-state index is 0.0597. The third-order valence-electron chi connectivity index (χ3n) is 4.46. The van der Waals surface area contributed by atoms with E-state index in [0.717, 1.165) is 5.56 Å². The summed E-state index contributed by atoms with van der Waals surface area (Å²) in [4.78, 5) is 22.5. The first kappa shape index (κ1) is 19.2. The molecule has 0 saturated heterocycles. The van der Waals surface area contributed by atoms with Gasteiger partial charge >= 0.3 is 5.97 Å². The Bertz CT molecular complexity index is 987. The fraction of sp³-hybridized carbons (Fsp3) is 0.136. The van der Waals surface area contributed by atoms with E-state index in [4.69, 9.17) is 4.74 Å². The van der Waals surface area contributed by atoms with Crippen LogP contribution in [0.2, 0.25) is 0 Å². The molecule has 0 heterocycles. The van der Waals surface area contributed by atoms with Crippen molar-refractivity contribution < 1.29 is 18.8 Å². The molecule has 3 aromatic rings. The van der Waals surface area contributed by atoms with E-state index in [1.165, 1.54) is 30.3 Å². The highest BCUT2D eigenvalue weighted by atomic mass is 19.1. The van der Waals surface area contributed by atoms with Gasteiger partial charge in [-0.3, -0.25) is 14.9 Å². The number of benzene rings is 3. The molecule has 0 bridgehead atoms. The predicted molar refractivity (Wildman–Crippen MR) is 103 cm³/mol. The van der Waals surface area contributed by atoms with Gasteiger partial charge in [-0.2, -0.15) is 0 Å². The predicted octanol–water partition coefficient (Wildman–Crippen LogP) is 5.25. The fourth-order valence-corrected chi connectivity index (χ4v) is 2.79. The van der Waals surface area contributed by atoms with Crippen molar-refractivity contribution in [3.8, 4) is 11.1 Å². The molecule has 0 spiro atoms. The Morgan fingerprint density at radius 3 is 2.36 bits per heavy atom. The van der Waals surface area contributed by atoms with Gasteiger partial charge in [0.1, 0.15) is 12.4 Å². The van der Waals surface area contributed by atoms with E-state index in [9.17, 15) is 19.3 Å². The lowest BCUT2D eigenvalue weighted by Gasteiger charge is -2.13. The first-order chi connectivity index (χ1) is 13.5. The van der Waals surface area contributed by atoms with Crippen LogP contribution in [0.25, 0.3) is 11.1 Å². The number of nitro groups is 1. The van der Waals surface area contributed by atoms with Gasteiger partial charge in [-0.05, 0) is 41.8 Å². The number of rotatable bonds is 6. The molecule has 1 unspecified atom stereocenters. The Labute approximate surface area is 161 Å². The van der Waals surface area contributed by atoms with Crippen molar-refractivity contribution in [3.63, 3.8) is 0 Å². The molecular formula is C22H18FNO4. The maximum absolute atomic E-state index is 14.6. The molecule has 0 aliphatic carbocycles. The lowest BCUT2D eigenvalue weighted by Crippen LogP contribution is -2.13. The van der Waals surface area contributed by atoms with Crippen LogP contribution in [0.1, 0.15) is 24.0 Å². The van der Waals surface area contributed by atoms with Crippen molar-refractivity contribution in [2.45, 2.75) is 19.4 Å². The zero-order valence-electron chi connectivity index (χ0n) is 15.2. The standard InChI is InChI=1S/C22H18FNO4/c1-15(22(25)28-14-16-5-3-2-4-6-16)18-9-12-20(21(23)13-18)17-7-10-19(11-8-17)24(26)27/h2-13,15H,14H2,1H3. The Morgan fingerprint density at radius 2 is 1.75 bits per heavy atom. The molecule has 6 heteroatoms. The van der Waals surface area contributed by atoms with E-state index in [1.807, 2.05) is 30.3 Å². The van der Waals surface area contributed by atoms with Gasteiger partial charge in [0.05, 0.1) is 10.8 Å². The van der Waals surface area contributed by atoms with Crippen LogP contribution in [0.5, 0.6) is 0 Å². The number of non-ortho nitro benzene ring substituents is 1. The number of nitrogens with zero attached hydrogens (tertiary/aromatic N) is 1. The topological polar surface area (TPSA) is 69.4 Å². The normalized spacial score (nSPS) is 11.6. The average molecular weight is 379 g/mol. The molecule has 142 valence electrons. The van der Waals surface area contributed by atoms with Gasteiger partial charge in [0, 0.05) is 17.7 Å². The van der Waals surface area contributed by atoms with Gasteiger partial charge in [-0.25, -0.2) is 4.39 Å². The smallest absolute Gasteiger partial charge is 0.313 e. The third-order valence-corrected chi connectivity index (χ3v) is 4.46. The molecule has 0 saturated carbocycles. The van der Waals surface area contributed by atoms with E-state index in [0.29, 0.717) is 16.7 Å². The molecule has 3 rings (SSSR count). The summed E-state index contributed by atoms with van der Waals surface area (Å²) in [6.07, 6.45) is 0. The van der Waals surface area contributed by atoms with Crippen molar-refractivity contribution in [1.29, 1.82) is 0 Å². The molecule has 0 N–H and O–H groups in total. The number of carbonyl (C=O) groups is 1. The number of nitro benzene ring substituents is 1. The molecule has 1 atom stereocenters. The highest BCUT2D eigenvalue weighted by Gasteiger charge is 2.19. The van der Waals surface area contributed by atoms with Gasteiger partial charge in [0.25, 0.3) is 5.69 Å². The molecule has 0 aliphatic rings. The van der Waals surface area contributed by atoms with Crippen LogP contribution in [-0.4, -0.2) is 10.9 Å². The summed E-state index contributed by atoms with van der Waals surface area (Å²) in [6.45, 7) is 1.82. The summed E-state index contributed by atoms with van der Waals surface area (Å²) in [6, 6.07) is 19.5. The van der Waals surface area contributed by atoms with Crippen LogP contribution in [0, 0.1) is 15.9 Å². The number of hydrogen-bond donors (Lipinski definition) is 0. The zero-order chi connectivity index (χ0) is 20.1. The Balaban J connectivity index is 1.72. The number of carbonyl (C=O) groups excluding carboxylic acids is 1. The second-order valence-corrected chi connectivity index (χ2v) is 6.36. The van der Waals surface area contributed by atoms with Gasteiger partial charge < -0.3 is 4.74 Å². The molecule has 3 aromatic carbocycles. The lowest BCUT2D eigenvalue weighted by molar-refractivity contribution is -0.384. The van der Waals surface area contributed by atoms with Crippen LogP contribution < -0.4 is 0 Å². The zero-order valence-corrected chi connectivity index (χ0v) is 15.2. The second kappa shape index (κ2) is 8.43. The SMILES string of the molecule is CC(C(=O)OCc1ccccc1)c1ccc(-c2ccc([N+](=O)[O-])cc2)c(F)c1. The van der Waals surface area contributed by atoms with Gasteiger partial charge in [-0.15, -0.1) is 0 Å². The number of halogens is 1. The Morgan fingerprint density at radius 1 is 1.07 bits per heavy atom. The minimum Gasteiger partial charge on any atom is -0.460 e. The number of hydrogen-bond acceptors (Lipinski definition) is 4. The molecule has 0 fully saturated rings. The van der Waals surface area contributed by atoms with E-state index < -0.39 is 22.6 Å². The van der Waals surface area contributed by atoms with Gasteiger partial charge in [-0.1, -0.05) is 42.5 Å². The van der Waals surface area contributed by atoms with Crippen molar-refractivity contribution in [2.75, 3.05) is 0 Å². The molecule has 0 radical (unpaired) electrons. The number of esters is 1. The molecule has 0 aromatic heterocycles. The van der Waals surface area contributed by atoms with Crippen LogP contribution in [0.4, 0.5) is 10.1 Å². The minimum atomic E-state index is -0.621. The first-order valence-corrected chi connectivity index (χ1v) is 8.70. The molecular weight excluding hydrogens is 361 g/mol. The van der Waals surface area contributed by atoms with Crippen molar-refractivity contribution in [3.05, 3.63) is 99.9 Å². The maximum Gasteiger partial charge on any atom is 0.313 e. The quantitative estimate of drug-likeness (QED) is 0.333. The van der Waals surface area contributed by atoms with Gasteiger partial charge in [0.2, 0.25) is 0 Å². The lowest BCUT2D eigenvalue weighted by atomic mass is 9.97. The van der Waals surface area contributed by atoms with Crippen molar-refractivity contribution in [2.24, 2.45) is 0 Å². The summed E-state index contributed by atoms with van der Waals surface area (Å²) >= 11 is 0. The third kappa shape index (κ3) is 4.40. The summed E-state index contributed by atoms with van der Waals surface area (Å²) in [5.74, 6) is -1.57. The van der Waals surface area contributed by atoms with E-state index >= 15 is 0 Å². The molecule has 0 aliphatic heterocycles. The molecule has 28 heavy (non-hydrogen) atoms. The van der Waals surface area contributed by atoms with Crippen molar-refractivity contribution >= 4 is 11.7 Å². The summed E-state index contributed by atoms with van der Waals surface area (Å²) in [7, 11) is 0. The van der Waals surface area contributed by atoms with Crippen LogP contribution in [0.3, 0.4) is 0 Å². The highest BCUT2D eigenvalue weighted by Crippen LogP contribution is 2.28. The van der Waals surface area contributed by atoms with E-state index in [-0.39, 0.29) is 12.3 Å². The van der Waals surface area contributed by atoms with Crippen LogP contribution >= 0.6 is 0 Å².